The van der Waals surface area contributed by atoms with Crippen molar-refractivity contribution in [3.05, 3.63) is 0 Å². The van der Waals surface area contributed by atoms with Crippen LogP contribution < -0.4 is 10.6 Å². The SMILES string of the molecule is CCCCC(C)C(=O)NCC(C)CNCCC. The van der Waals surface area contributed by atoms with Crippen LogP contribution in [0.5, 0.6) is 0 Å². The predicted molar refractivity (Wildman–Crippen MR) is 74.0 cm³/mol. The molecule has 0 radical (unpaired) electrons. The van der Waals surface area contributed by atoms with Crippen LogP contribution in [0.3, 0.4) is 0 Å². The molecule has 0 spiro atoms. The van der Waals surface area contributed by atoms with E-state index in [9.17, 15) is 4.79 Å². The van der Waals surface area contributed by atoms with Gasteiger partial charge >= 0.3 is 0 Å². The Balaban J connectivity index is 3.60. The van der Waals surface area contributed by atoms with Gasteiger partial charge in [0.25, 0.3) is 0 Å². The Morgan fingerprint density at radius 3 is 2.41 bits per heavy atom. The molecule has 0 saturated carbocycles. The highest BCUT2D eigenvalue weighted by Crippen LogP contribution is 2.07. The summed E-state index contributed by atoms with van der Waals surface area (Å²) in [5, 5.41) is 6.41. The zero-order valence-electron chi connectivity index (χ0n) is 12.0. The second-order valence-electron chi connectivity index (χ2n) is 5.10. The van der Waals surface area contributed by atoms with Gasteiger partial charge in [-0.15, -0.1) is 0 Å². The molecule has 0 rings (SSSR count). The zero-order valence-corrected chi connectivity index (χ0v) is 12.0. The molecule has 0 aliphatic rings. The summed E-state index contributed by atoms with van der Waals surface area (Å²) < 4.78 is 0. The first-order valence-corrected chi connectivity index (χ1v) is 7.10. The summed E-state index contributed by atoms with van der Waals surface area (Å²) in [4.78, 5) is 11.8. The van der Waals surface area contributed by atoms with Gasteiger partial charge in [-0.2, -0.15) is 0 Å². The molecule has 2 atom stereocenters. The number of carbonyl (C=O) groups is 1. The Labute approximate surface area is 107 Å². The predicted octanol–water partition coefficient (Wildman–Crippen LogP) is 2.56. The van der Waals surface area contributed by atoms with Gasteiger partial charge in [0.1, 0.15) is 0 Å². The van der Waals surface area contributed by atoms with Gasteiger partial charge in [0.2, 0.25) is 5.91 Å². The van der Waals surface area contributed by atoms with Crippen molar-refractivity contribution in [3.63, 3.8) is 0 Å². The van der Waals surface area contributed by atoms with Gasteiger partial charge < -0.3 is 10.6 Å². The molecule has 0 saturated heterocycles. The van der Waals surface area contributed by atoms with E-state index in [4.69, 9.17) is 0 Å². The summed E-state index contributed by atoms with van der Waals surface area (Å²) >= 11 is 0. The molecule has 1 amide bonds. The van der Waals surface area contributed by atoms with Crippen LogP contribution in [-0.2, 0) is 4.79 Å². The van der Waals surface area contributed by atoms with Crippen LogP contribution in [0.15, 0.2) is 0 Å². The lowest BCUT2D eigenvalue weighted by Crippen LogP contribution is -2.36. The molecule has 3 heteroatoms. The van der Waals surface area contributed by atoms with Gasteiger partial charge in [-0.25, -0.2) is 0 Å². The Morgan fingerprint density at radius 2 is 1.82 bits per heavy atom. The highest BCUT2D eigenvalue weighted by molar-refractivity contribution is 5.78. The Bertz CT molecular complexity index is 195. The van der Waals surface area contributed by atoms with Crippen LogP contribution in [0.1, 0.15) is 53.4 Å². The van der Waals surface area contributed by atoms with E-state index in [1.165, 1.54) is 0 Å². The molecule has 0 aromatic carbocycles. The van der Waals surface area contributed by atoms with Crippen molar-refractivity contribution in [3.8, 4) is 0 Å². The third-order valence-corrected chi connectivity index (χ3v) is 2.98. The summed E-state index contributed by atoms with van der Waals surface area (Å²) in [6, 6.07) is 0. The van der Waals surface area contributed by atoms with Crippen LogP contribution in [0.25, 0.3) is 0 Å². The molecule has 0 fully saturated rings. The van der Waals surface area contributed by atoms with E-state index in [0.29, 0.717) is 5.92 Å². The minimum atomic E-state index is 0.158. The van der Waals surface area contributed by atoms with Gasteiger partial charge in [0, 0.05) is 12.5 Å². The number of unbranched alkanes of at least 4 members (excludes halogenated alkanes) is 1. The number of nitrogens with one attached hydrogen (secondary N) is 2. The molecule has 0 heterocycles. The van der Waals surface area contributed by atoms with Crippen molar-refractivity contribution < 1.29 is 4.79 Å². The summed E-state index contributed by atoms with van der Waals surface area (Å²) in [5.74, 6) is 0.871. The number of carbonyl (C=O) groups excluding carboxylic acids is 1. The van der Waals surface area contributed by atoms with Gasteiger partial charge in [-0.1, -0.05) is 40.5 Å². The number of hydrogen-bond acceptors (Lipinski definition) is 2. The van der Waals surface area contributed by atoms with Crippen molar-refractivity contribution in [2.75, 3.05) is 19.6 Å². The van der Waals surface area contributed by atoms with E-state index in [0.717, 1.165) is 45.3 Å². The van der Waals surface area contributed by atoms with Gasteiger partial charge in [-0.3, -0.25) is 4.79 Å². The van der Waals surface area contributed by atoms with E-state index in [-0.39, 0.29) is 11.8 Å². The second-order valence-corrected chi connectivity index (χ2v) is 5.10. The number of amides is 1. The van der Waals surface area contributed by atoms with Crippen LogP contribution in [0, 0.1) is 11.8 Å². The highest BCUT2D eigenvalue weighted by atomic mass is 16.1. The molecular formula is C14H30N2O. The maximum atomic E-state index is 11.8. The number of hydrogen-bond donors (Lipinski definition) is 2. The fourth-order valence-corrected chi connectivity index (χ4v) is 1.69. The van der Waals surface area contributed by atoms with Crippen LogP contribution in [0.2, 0.25) is 0 Å². The van der Waals surface area contributed by atoms with Crippen LogP contribution in [-0.4, -0.2) is 25.5 Å². The molecule has 17 heavy (non-hydrogen) atoms. The molecule has 3 nitrogen and oxygen atoms in total. The first-order chi connectivity index (χ1) is 8.11. The minimum Gasteiger partial charge on any atom is -0.356 e. The van der Waals surface area contributed by atoms with Crippen molar-refractivity contribution in [2.45, 2.75) is 53.4 Å². The van der Waals surface area contributed by atoms with E-state index in [1.54, 1.807) is 0 Å². The Hall–Kier alpha value is -0.570. The molecule has 102 valence electrons. The van der Waals surface area contributed by atoms with Crippen molar-refractivity contribution >= 4 is 5.91 Å². The van der Waals surface area contributed by atoms with E-state index >= 15 is 0 Å². The fourth-order valence-electron chi connectivity index (χ4n) is 1.69. The third kappa shape index (κ3) is 9.16. The van der Waals surface area contributed by atoms with Crippen molar-refractivity contribution in [2.24, 2.45) is 11.8 Å². The largest absolute Gasteiger partial charge is 0.356 e. The summed E-state index contributed by atoms with van der Waals surface area (Å²) in [6.45, 7) is 11.3. The first-order valence-electron chi connectivity index (χ1n) is 7.10. The highest BCUT2D eigenvalue weighted by Gasteiger charge is 2.12. The molecule has 0 aromatic rings. The summed E-state index contributed by atoms with van der Waals surface area (Å²) in [6.07, 6.45) is 4.47. The molecule has 0 bridgehead atoms. The van der Waals surface area contributed by atoms with Crippen LogP contribution >= 0.6 is 0 Å². The summed E-state index contributed by atoms with van der Waals surface area (Å²) in [5.41, 5.74) is 0. The molecule has 0 aliphatic heterocycles. The third-order valence-electron chi connectivity index (χ3n) is 2.98. The second kappa shape index (κ2) is 10.6. The molecule has 2 unspecified atom stereocenters. The summed E-state index contributed by atoms with van der Waals surface area (Å²) in [7, 11) is 0. The standard InChI is InChI=1S/C14H30N2O/c1-5-7-8-13(4)14(17)16-11-12(3)10-15-9-6-2/h12-13,15H,5-11H2,1-4H3,(H,16,17). The van der Waals surface area contributed by atoms with Crippen molar-refractivity contribution in [1.82, 2.24) is 10.6 Å². The minimum absolute atomic E-state index is 0.158. The number of rotatable bonds is 10. The fraction of sp³-hybridized carbons (Fsp3) is 0.929. The average molecular weight is 242 g/mol. The molecule has 2 N–H and O–H groups in total. The molecule has 0 aliphatic carbocycles. The maximum absolute atomic E-state index is 11.8. The lowest BCUT2D eigenvalue weighted by atomic mass is 10.0. The lowest BCUT2D eigenvalue weighted by Gasteiger charge is -2.16. The normalized spacial score (nSPS) is 14.4. The first kappa shape index (κ1) is 16.4. The average Bonchev–Trinajstić information content (AvgIpc) is 2.33. The smallest absolute Gasteiger partial charge is 0.222 e. The quantitative estimate of drug-likeness (QED) is 0.578. The Kier molecular flexibility index (Phi) is 10.2. The lowest BCUT2D eigenvalue weighted by molar-refractivity contribution is -0.124. The van der Waals surface area contributed by atoms with Gasteiger partial charge in [-0.05, 0) is 31.8 Å². The topological polar surface area (TPSA) is 41.1 Å². The monoisotopic (exact) mass is 242 g/mol. The molecular weight excluding hydrogens is 212 g/mol. The molecule has 0 aromatic heterocycles. The van der Waals surface area contributed by atoms with Gasteiger partial charge in [0.15, 0.2) is 0 Å². The van der Waals surface area contributed by atoms with Crippen molar-refractivity contribution in [1.29, 1.82) is 0 Å². The van der Waals surface area contributed by atoms with Gasteiger partial charge in [0.05, 0.1) is 0 Å². The van der Waals surface area contributed by atoms with E-state index in [2.05, 4.69) is 31.4 Å². The Morgan fingerprint density at radius 1 is 1.12 bits per heavy atom. The van der Waals surface area contributed by atoms with Crippen LogP contribution in [0.4, 0.5) is 0 Å². The van der Waals surface area contributed by atoms with E-state index in [1.807, 2.05) is 6.92 Å². The zero-order chi connectivity index (χ0) is 13.1. The van der Waals surface area contributed by atoms with E-state index < -0.39 is 0 Å². The maximum Gasteiger partial charge on any atom is 0.222 e.